The Morgan fingerprint density at radius 1 is 1.00 bits per heavy atom. The van der Waals surface area contributed by atoms with E-state index in [0.29, 0.717) is 69.5 Å². The minimum atomic E-state index is -3.59. The second-order valence-electron chi connectivity index (χ2n) is 9.57. The zero-order chi connectivity index (χ0) is 27.6. The highest BCUT2D eigenvalue weighted by atomic mass is 32.2. The van der Waals surface area contributed by atoms with Crippen molar-refractivity contribution in [2.24, 2.45) is 0 Å². The third-order valence-electron chi connectivity index (χ3n) is 7.14. The predicted octanol–water partition coefficient (Wildman–Crippen LogP) is 2.77. The molecule has 0 bridgehead atoms. The first kappa shape index (κ1) is 27.6. The van der Waals surface area contributed by atoms with Crippen molar-refractivity contribution >= 4 is 44.3 Å². The van der Waals surface area contributed by atoms with Crippen molar-refractivity contribution < 1.29 is 32.3 Å². The Kier molecular flexibility index (Phi) is 8.21. The summed E-state index contributed by atoms with van der Waals surface area (Å²) in [5.41, 5.74) is 1.56. The summed E-state index contributed by atoms with van der Waals surface area (Å²) >= 11 is 1.28. The highest BCUT2D eigenvalue weighted by molar-refractivity contribution is 7.89. The van der Waals surface area contributed by atoms with Gasteiger partial charge < -0.3 is 24.6 Å². The third kappa shape index (κ3) is 5.67. The van der Waals surface area contributed by atoms with Gasteiger partial charge in [-0.2, -0.15) is 4.31 Å². The standard InChI is InChI=1S/C26H32N4O7S2/c1-2-37-26(33)29-12-9-20-21(17-29)38-24(22(20)25(32)28-13-15-36-16-14-28)27-23(31)18-5-7-19(8-6-18)39(34,35)30-10-3-4-11-30/h5-8H,2-4,9-17H2,1H3,(H,27,31). The van der Waals surface area contributed by atoms with Gasteiger partial charge in [-0.25, -0.2) is 13.2 Å². The fourth-order valence-corrected chi connectivity index (χ4v) is 7.81. The average Bonchev–Trinajstić information content (AvgIpc) is 3.62. The van der Waals surface area contributed by atoms with E-state index < -0.39 is 22.0 Å². The fraction of sp³-hybridized carbons (Fsp3) is 0.500. The minimum absolute atomic E-state index is 0.148. The lowest BCUT2D eigenvalue weighted by atomic mass is 10.0. The lowest BCUT2D eigenvalue weighted by molar-refractivity contribution is 0.0303. The zero-order valence-corrected chi connectivity index (χ0v) is 23.4. The molecule has 13 heteroatoms. The molecule has 3 aliphatic heterocycles. The van der Waals surface area contributed by atoms with Crippen LogP contribution in [-0.2, 0) is 32.5 Å². The molecular formula is C26H32N4O7S2. The highest BCUT2D eigenvalue weighted by Crippen LogP contribution is 2.38. The maximum atomic E-state index is 13.6. The number of amides is 3. The van der Waals surface area contributed by atoms with E-state index in [1.54, 1.807) is 16.7 Å². The van der Waals surface area contributed by atoms with E-state index in [2.05, 4.69) is 5.32 Å². The van der Waals surface area contributed by atoms with E-state index in [4.69, 9.17) is 9.47 Å². The van der Waals surface area contributed by atoms with E-state index in [1.807, 2.05) is 0 Å². The minimum Gasteiger partial charge on any atom is -0.450 e. The number of thiophene rings is 1. The maximum Gasteiger partial charge on any atom is 0.410 e. The van der Waals surface area contributed by atoms with Crippen molar-refractivity contribution in [1.82, 2.24) is 14.1 Å². The van der Waals surface area contributed by atoms with Gasteiger partial charge in [0.25, 0.3) is 11.8 Å². The van der Waals surface area contributed by atoms with Gasteiger partial charge >= 0.3 is 6.09 Å². The molecule has 11 nitrogen and oxygen atoms in total. The number of carbonyl (C=O) groups is 3. The molecule has 0 radical (unpaired) electrons. The molecule has 4 heterocycles. The number of ether oxygens (including phenoxy) is 2. The molecule has 39 heavy (non-hydrogen) atoms. The molecular weight excluding hydrogens is 544 g/mol. The Morgan fingerprint density at radius 3 is 2.36 bits per heavy atom. The first-order valence-electron chi connectivity index (χ1n) is 13.1. The SMILES string of the molecule is CCOC(=O)N1CCc2c(sc(NC(=O)c3ccc(S(=O)(=O)N4CCCC4)cc3)c2C(=O)N2CCOCC2)C1. The largest absolute Gasteiger partial charge is 0.450 e. The van der Waals surface area contributed by atoms with Gasteiger partial charge in [0.15, 0.2) is 0 Å². The predicted molar refractivity (Wildman–Crippen MR) is 145 cm³/mol. The van der Waals surface area contributed by atoms with Gasteiger partial charge in [-0.05, 0) is 56.0 Å². The molecule has 1 aromatic heterocycles. The number of hydrogen-bond acceptors (Lipinski definition) is 8. The topological polar surface area (TPSA) is 126 Å². The van der Waals surface area contributed by atoms with Crippen molar-refractivity contribution in [3.05, 3.63) is 45.8 Å². The molecule has 210 valence electrons. The average molecular weight is 577 g/mol. The van der Waals surface area contributed by atoms with Crippen molar-refractivity contribution in [3.63, 3.8) is 0 Å². The molecule has 0 saturated carbocycles. The van der Waals surface area contributed by atoms with Crippen molar-refractivity contribution in [3.8, 4) is 0 Å². The van der Waals surface area contributed by atoms with Crippen LogP contribution in [0.5, 0.6) is 0 Å². The molecule has 2 fully saturated rings. The molecule has 3 aliphatic rings. The quantitative estimate of drug-likeness (QED) is 0.561. The number of anilines is 1. The number of hydrogen-bond donors (Lipinski definition) is 1. The molecule has 3 amide bonds. The summed E-state index contributed by atoms with van der Waals surface area (Å²) in [6.45, 7) is 5.53. The number of morpholine rings is 1. The number of nitrogens with zero attached hydrogens (tertiary/aromatic N) is 3. The molecule has 1 N–H and O–H groups in total. The van der Waals surface area contributed by atoms with Crippen molar-refractivity contribution in [1.29, 1.82) is 0 Å². The van der Waals surface area contributed by atoms with Crippen molar-refractivity contribution in [2.75, 3.05) is 57.9 Å². The summed E-state index contributed by atoms with van der Waals surface area (Å²) in [7, 11) is -3.59. The first-order chi connectivity index (χ1) is 18.8. The summed E-state index contributed by atoms with van der Waals surface area (Å²) < 4.78 is 37.7. The number of fused-ring (bicyclic) bond motifs is 1. The molecule has 2 saturated heterocycles. The van der Waals surface area contributed by atoms with Crippen molar-refractivity contribution in [2.45, 2.75) is 37.6 Å². The maximum absolute atomic E-state index is 13.6. The van der Waals surface area contributed by atoms with Crippen LogP contribution in [0.4, 0.5) is 9.80 Å². The number of benzene rings is 1. The number of rotatable bonds is 6. The fourth-order valence-electron chi connectivity index (χ4n) is 5.04. The van der Waals surface area contributed by atoms with E-state index in [-0.39, 0.29) is 23.0 Å². The van der Waals surface area contributed by atoms with Crippen LogP contribution in [0.15, 0.2) is 29.2 Å². The van der Waals surface area contributed by atoms with Gasteiger partial charge in [0.1, 0.15) is 5.00 Å². The highest BCUT2D eigenvalue weighted by Gasteiger charge is 2.33. The van der Waals surface area contributed by atoms with Gasteiger partial charge in [0.2, 0.25) is 10.0 Å². The van der Waals surface area contributed by atoms with E-state index in [1.165, 1.54) is 39.9 Å². The summed E-state index contributed by atoms with van der Waals surface area (Å²) in [4.78, 5) is 43.5. The molecule has 0 spiro atoms. The third-order valence-corrected chi connectivity index (χ3v) is 10.2. The Labute approximate surface area is 231 Å². The molecule has 2 aromatic rings. The summed E-state index contributed by atoms with van der Waals surface area (Å²) in [5.74, 6) is -0.625. The van der Waals surface area contributed by atoms with Gasteiger partial charge in [-0.15, -0.1) is 11.3 Å². The monoisotopic (exact) mass is 576 g/mol. The van der Waals surface area contributed by atoms with Crippen LogP contribution >= 0.6 is 11.3 Å². The van der Waals surface area contributed by atoms with E-state index >= 15 is 0 Å². The second-order valence-corrected chi connectivity index (χ2v) is 12.6. The Morgan fingerprint density at radius 2 is 1.69 bits per heavy atom. The van der Waals surface area contributed by atoms with Crippen LogP contribution in [0.2, 0.25) is 0 Å². The lowest BCUT2D eigenvalue weighted by Gasteiger charge is -2.29. The molecule has 5 rings (SSSR count). The smallest absolute Gasteiger partial charge is 0.410 e. The second kappa shape index (κ2) is 11.6. The van der Waals surface area contributed by atoms with E-state index in [0.717, 1.165) is 23.3 Å². The number of sulfonamides is 1. The molecule has 1 aromatic carbocycles. The first-order valence-corrected chi connectivity index (χ1v) is 15.4. The summed E-state index contributed by atoms with van der Waals surface area (Å²) in [5, 5.41) is 3.31. The number of nitrogens with one attached hydrogen (secondary N) is 1. The van der Waals surface area contributed by atoms with Crippen LogP contribution in [-0.4, -0.2) is 93.0 Å². The zero-order valence-electron chi connectivity index (χ0n) is 21.8. The van der Waals surface area contributed by atoms with Gasteiger partial charge in [-0.1, -0.05) is 0 Å². The number of carbonyl (C=O) groups excluding carboxylic acids is 3. The Bertz CT molecular complexity index is 1350. The Hall–Kier alpha value is -3.00. The molecule has 0 unspecified atom stereocenters. The van der Waals surface area contributed by atoms with E-state index in [9.17, 15) is 22.8 Å². The van der Waals surface area contributed by atoms with Gasteiger partial charge in [-0.3, -0.25) is 9.59 Å². The van der Waals surface area contributed by atoms with Crippen LogP contribution in [0.25, 0.3) is 0 Å². The van der Waals surface area contributed by atoms with Crippen LogP contribution < -0.4 is 5.32 Å². The normalized spacial score (nSPS) is 18.1. The Balaban J connectivity index is 1.40. The van der Waals surface area contributed by atoms with Crippen LogP contribution in [0, 0.1) is 0 Å². The molecule has 0 aliphatic carbocycles. The molecule has 0 atom stereocenters. The van der Waals surface area contributed by atoms with Crippen LogP contribution in [0.3, 0.4) is 0 Å². The summed E-state index contributed by atoms with van der Waals surface area (Å²) in [6.07, 6.45) is 1.74. The van der Waals surface area contributed by atoms with Gasteiger partial charge in [0, 0.05) is 43.2 Å². The van der Waals surface area contributed by atoms with Crippen LogP contribution in [0.1, 0.15) is 50.9 Å². The summed E-state index contributed by atoms with van der Waals surface area (Å²) in [6, 6.07) is 5.85. The lowest BCUT2D eigenvalue weighted by Crippen LogP contribution is -2.41. The van der Waals surface area contributed by atoms with Gasteiger partial charge in [0.05, 0.1) is 36.8 Å².